The van der Waals surface area contributed by atoms with E-state index in [9.17, 15) is 4.79 Å². The van der Waals surface area contributed by atoms with Crippen molar-refractivity contribution in [2.24, 2.45) is 0 Å². The lowest BCUT2D eigenvalue weighted by Crippen LogP contribution is -2.32. The van der Waals surface area contributed by atoms with Gasteiger partial charge in [-0.25, -0.2) is 4.98 Å². The van der Waals surface area contributed by atoms with Crippen molar-refractivity contribution in [3.05, 3.63) is 28.5 Å². The number of carbonyl (C=O) groups is 1. The molecule has 0 saturated heterocycles. The second-order valence-electron chi connectivity index (χ2n) is 5.25. The van der Waals surface area contributed by atoms with Crippen molar-refractivity contribution >= 4 is 17.5 Å². The van der Waals surface area contributed by atoms with E-state index < -0.39 is 0 Å². The summed E-state index contributed by atoms with van der Waals surface area (Å²) in [6, 6.07) is 3.63. The van der Waals surface area contributed by atoms with Gasteiger partial charge in [0.05, 0.1) is 0 Å². The largest absolute Gasteiger partial charge is 0.350 e. The number of halogens is 1. The van der Waals surface area contributed by atoms with E-state index in [0.29, 0.717) is 10.7 Å². The molecule has 20 heavy (non-hydrogen) atoms. The first kappa shape index (κ1) is 17.0. The van der Waals surface area contributed by atoms with Gasteiger partial charge in [-0.15, -0.1) is 0 Å². The first-order valence-corrected chi connectivity index (χ1v) is 7.92. The molecule has 0 aliphatic heterocycles. The molecular weight excluding hydrogens is 272 g/mol. The van der Waals surface area contributed by atoms with Gasteiger partial charge in [0.25, 0.3) is 5.91 Å². The van der Waals surface area contributed by atoms with E-state index in [4.69, 9.17) is 11.6 Å². The Kier molecular flexibility index (Phi) is 7.60. The Balaban J connectivity index is 2.51. The minimum Gasteiger partial charge on any atom is -0.350 e. The van der Waals surface area contributed by atoms with Crippen LogP contribution in [0, 0.1) is 0 Å². The summed E-state index contributed by atoms with van der Waals surface area (Å²) in [4.78, 5) is 16.3. The van der Waals surface area contributed by atoms with Crippen LogP contribution >= 0.6 is 11.6 Å². The van der Waals surface area contributed by atoms with E-state index in [1.165, 1.54) is 19.3 Å². The number of nitrogens with zero attached hydrogens (tertiary/aromatic N) is 1. The molecule has 0 bridgehead atoms. The molecule has 0 spiro atoms. The molecule has 1 unspecified atom stereocenters. The van der Waals surface area contributed by atoms with Crippen molar-refractivity contribution in [1.29, 1.82) is 0 Å². The number of hydrogen-bond donors (Lipinski definition) is 1. The fourth-order valence-electron chi connectivity index (χ4n) is 2.12. The highest BCUT2D eigenvalue weighted by Crippen LogP contribution is 2.12. The number of pyridine rings is 1. The molecule has 0 fully saturated rings. The first-order valence-electron chi connectivity index (χ1n) is 7.54. The number of unbranched alkanes of at least 4 members (excludes halogenated alkanes) is 3. The number of aryl methyl sites for hydroxylation is 1. The molecule has 1 N–H and O–H groups in total. The number of amides is 1. The Morgan fingerprint density at radius 3 is 2.70 bits per heavy atom. The smallest absolute Gasteiger partial charge is 0.251 e. The molecule has 112 valence electrons. The number of aromatic nitrogens is 1. The van der Waals surface area contributed by atoms with E-state index in [2.05, 4.69) is 17.2 Å². The molecule has 1 rings (SSSR count). The molecule has 1 heterocycles. The minimum atomic E-state index is -0.0630. The summed E-state index contributed by atoms with van der Waals surface area (Å²) in [5, 5.41) is 3.41. The van der Waals surface area contributed by atoms with Gasteiger partial charge in [-0.1, -0.05) is 51.1 Å². The van der Waals surface area contributed by atoms with Crippen LogP contribution in [0.1, 0.15) is 68.9 Å². The standard InChI is InChI=1S/C16H25ClN2O/c1-4-6-7-8-9-12(3)18-16(20)13-10-14(5-2)19-15(17)11-13/h10-12H,4-9H2,1-3H3,(H,18,20). The van der Waals surface area contributed by atoms with Crippen LogP contribution in [0.3, 0.4) is 0 Å². The van der Waals surface area contributed by atoms with Crippen LogP contribution in [0.5, 0.6) is 0 Å². The summed E-state index contributed by atoms with van der Waals surface area (Å²) in [6.07, 6.45) is 6.68. The molecular formula is C16H25ClN2O. The summed E-state index contributed by atoms with van der Waals surface area (Å²) in [6.45, 7) is 6.24. The van der Waals surface area contributed by atoms with Crippen LogP contribution in [0.2, 0.25) is 5.15 Å². The minimum absolute atomic E-state index is 0.0630. The van der Waals surface area contributed by atoms with Gasteiger partial charge in [-0.2, -0.15) is 0 Å². The summed E-state index contributed by atoms with van der Waals surface area (Å²) in [5.41, 5.74) is 1.44. The van der Waals surface area contributed by atoms with Crippen LogP contribution < -0.4 is 5.32 Å². The van der Waals surface area contributed by atoms with E-state index in [1.54, 1.807) is 6.07 Å². The molecule has 0 aliphatic carbocycles. The molecule has 0 radical (unpaired) electrons. The van der Waals surface area contributed by atoms with Crippen molar-refractivity contribution < 1.29 is 4.79 Å². The van der Waals surface area contributed by atoms with E-state index in [-0.39, 0.29) is 11.9 Å². The number of hydrogen-bond acceptors (Lipinski definition) is 2. The Labute approximate surface area is 127 Å². The second-order valence-corrected chi connectivity index (χ2v) is 5.63. The lowest BCUT2D eigenvalue weighted by Gasteiger charge is -2.14. The molecule has 1 atom stereocenters. The molecule has 1 amide bonds. The summed E-state index contributed by atoms with van der Waals surface area (Å²) in [5.74, 6) is -0.0630. The Bertz CT molecular complexity index is 434. The molecule has 1 aromatic heterocycles. The maximum absolute atomic E-state index is 12.2. The van der Waals surface area contributed by atoms with Crippen LogP contribution in [0.15, 0.2) is 12.1 Å². The van der Waals surface area contributed by atoms with Gasteiger partial charge in [0.1, 0.15) is 5.15 Å². The van der Waals surface area contributed by atoms with Crippen LogP contribution in [-0.2, 0) is 6.42 Å². The van der Waals surface area contributed by atoms with E-state index >= 15 is 0 Å². The van der Waals surface area contributed by atoms with Gasteiger partial charge in [0, 0.05) is 17.3 Å². The number of rotatable bonds is 8. The molecule has 3 nitrogen and oxygen atoms in total. The van der Waals surface area contributed by atoms with Gasteiger partial charge in [0.15, 0.2) is 0 Å². The lowest BCUT2D eigenvalue weighted by atomic mass is 10.1. The van der Waals surface area contributed by atoms with Gasteiger partial charge in [-0.05, 0) is 31.9 Å². The highest BCUT2D eigenvalue weighted by molar-refractivity contribution is 6.29. The Hall–Kier alpha value is -1.09. The summed E-state index contributed by atoms with van der Waals surface area (Å²) in [7, 11) is 0. The van der Waals surface area contributed by atoms with E-state index in [1.807, 2.05) is 19.9 Å². The average molecular weight is 297 g/mol. The average Bonchev–Trinajstić information content (AvgIpc) is 2.42. The number of carbonyl (C=O) groups excluding carboxylic acids is 1. The summed E-state index contributed by atoms with van der Waals surface area (Å²) >= 11 is 5.94. The van der Waals surface area contributed by atoms with Crippen LogP contribution in [0.4, 0.5) is 0 Å². The van der Waals surface area contributed by atoms with Gasteiger partial charge >= 0.3 is 0 Å². The molecule has 4 heteroatoms. The number of nitrogens with one attached hydrogen (secondary N) is 1. The molecule has 1 aromatic rings. The topological polar surface area (TPSA) is 42.0 Å². The van der Waals surface area contributed by atoms with E-state index in [0.717, 1.165) is 25.0 Å². The Morgan fingerprint density at radius 2 is 2.05 bits per heavy atom. The first-order chi connectivity index (χ1) is 9.56. The van der Waals surface area contributed by atoms with Crippen molar-refractivity contribution in [3.63, 3.8) is 0 Å². The van der Waals surface area contributed by atoms with Gasteiger partial charge < -0.3 is 5.32 Å². The monoisotopic (exact) mass is 296 g/mol. The van der Waals surface area contributed by atoms with Crippen molar-refractivity contribution in [2.45, 2.75) is 65.3 Å². The van der Waals surface area contributed by atoms with Crippen LogP contribution in [0.25, 0.3) is 0 Å². The second kappa shape index (κ2) is 8.96. The van der Waals surface area contributed by atoms with Crippen LogP contribution in [-0.4, -0.2) is 16.9 Å². The summed E-state index contributed by atoms with van der Waals surface area (Å²) < 4.78 is 0. The molecule has 0 aromatic carbocycles. The third-order valence-corrected chi connectivity index (χ3v) is 3.53. The quantitative estimate of drug-likeness (QED) is 0.571. The van der Waals surface area contributed by atoms with Crippen molar-refractivity contribution in [3.8, 4) is 0 Å². The van der Waals surface area contributed by atoms with Crippen molar-refractivity contribution in [2.75, 3.05) is 0 Å². The maximum Gasteiger partial charge on any atom is 0.251 e. The van der Waals surface area contributed by atoms with Crippen molar-refractivity contribution in [1.82, 2.24) is 10.3 Å². The predicted molar refractivity (Wildman–Crippen MR) is 84.3 cm³/mol. The third-order valence-electron chi connectivity index (χ3n) is 3.34. The fourth-order valence-corrected chi connectivity index (χ4v) is 2.35. The zero-order valence-electron chi connectivity index (χ0n) is 12.7. The SMILES string of the molecule is CCCCCCC(C)NC(=O)c1cc(Cl)nc(CC)c1. The predicted octanol–water partition coefficient (Wildman–Crippen LogP) is 4.39. The Morgan fingerprint density at radius 1 is 1.30 bits per heavy atom. The highest BCUT2D eigenvalue weighted by atomic mass is 35.5. The fraction of sp³-hybridized carbons (Fsp3) is 0.625. The lowest BCUT2D eigenvalue weighted by molar-refractivity contribution is 0.0937. The zero-order chi connectivity index (χ0) is 15.0. The van der Waals surface area contributed by atoms with Gasteiger partial charge in [0.2, 0.25) is 0 Å². The highest BCUT2D eigenvalue weighted by Gasteiger charge is 2.11. The molecule has 0 saturated carbocycles. The normalized spacial score (nSPS) is 12.2. The third kappa shape index (κ3) is 5.91. The molecule has 0 aliphatic rings. The maximum atomic E-state index is 12.2. The van der Waals surface area contributed by atoms with Gasteiger partial charge in [-0.3, -0.25) is 4.79 Å². The zero-order valence-corrected chi connectivity index (χ0v) is 13.5.